The Kier molecular flexibility index (Phi) is 5.75. The first-order chi connectivity index (χ1) is 12.9. The average molecular weight is 369 g/mol. The van der Waals surface area contributed by atoms with Crippen LogP contribution in [0.2, 0.25) is 0 Å². The molecule has 1 aromatic heterocycles. The van der Waals surface area contributed by atoms with E-state index in [0.717, 1.165) is 27.7 Å². The molecule has 1 fully saturated rings. The van der Waals surface area contributed by atoms with E-state index in [1.807, 2.05) is 39.0 Å². The molecule has 0 bridgehead atoms. The van der Waals surface area contributed by atoms with Crippen LogP contribution >= 0.6 is 0 Å². The molecule has 2 heterocycles. The number of nitrogens with zero attached hydrogens (tertiary/aromatic N) is 2. The number of methoxy groups -OCH3 is 1. The maximum absolute atomic E-state index is 13.0. The molecule has 1 aliphatic rings. The third-order valence-corrected chi connectivity index (χ3v) is 5.27. The van der Waals surface area contributed by atoms with Gasteiger partial charge in [0.1, 0.15) is 0 Å². The van der Waals surface area contributed by atoms with Crippen molar-refractivity contribution in [2.24, 2.45) is 5.92 Å². The molecule has 2 amide bonds. The van der Waals surface area contributed by atoms with Crippen LogP contribution in [0.5, 0.6) is 0 Å². The Morgan fingerprint density at radius 2 is 2.11 bits per heavy atom. The molecule has 1 aromatic carbocycles. The molecule has 0 aliphatic carbocycles. The van der Waals surface area contributed by atoms with Crippen molar-refractivity contribution in [3.8, 4) is 0 Å². The third kappa shape index (κ3) is 4.11. The van der Waals surface area contributed by atoms with E-state index in [-0.39, 0.29) is 17.7 Å². The molecule has 6 heteroatoms. The predicted molar refractivity (Wildman–Crippen MR) is 105 cm³/mol. The number of rotatable bonds is 6. The standard InChI is InChI=1S/C21H27N3O3/c1-13-5-6-18-17(9-13)20(14(2)15(3)23-18)21(26)22-11-16-10-19(25)24(12-16)7-8-27-4/h5-6,9,16H,7-8,10-12H2,1-4H3,(H,22,26)/t16-/m0/s1. The van der Waals surface area contributed by atoms with E-state index in [4.69, 9.17) is 4.74 Å². The molecule has 27 heavy (non-hydrogen) atoms. The Balaban J connectivity index is 1.74. The molecule has 3 rings (SSSR count). The summed E-state index contributed by atoms with van der Waals surface area (Å²) < 4.78 is 5.05. The number of carbonyl (C=O) groups excluding carboxylic acids is 2. The summed E-state index contributed by atoms with van der Waals surface area (Å²) in [6, 6.07) is 5.97. The topological polar surface area (TPSA) is 71.5 Å². The zero-order valence-corrected chi connectivity index (χ0v) is 16.5. The number of aromatic nitrogens is 1. The van der Waals surface area contributed by atoms with Crippen LogP contribution < -0.4 is 5.32 Å². The SMILES string of the molecule is COCCN1C[C@H](CNC(=O)c2c(C)c(C)nc3ccc(C)cc23)CC1=O. The van der Waals surface area contributed by atoms with Gasteiger partial charge in [0.2, 0.25) is 5.91 Å². The maximum atomic E-state index is 13.0. The highest BCUT2D eigenvalue weighted by atomic mass is 16.5. The Labute approximate surface area is 159 Å². The van der Waals surface area contributed by atoms with Crippen LogP contribution in [0.25, 0.3) is 10.9 Å². The Morgan fingerprint density at radius 1 is 1.33 bits per heavy atom. The number of likely N-dealkylation sites (tertiary alicyclic amines) is 1. The molecule has 1 aliphatic heterocycles. The number of fused-ring (bicyclic) bond motifs is 1. The number of hydrogen-bond donors (Lipinski definition) is 1. The number of ether oxygens (including phenoxy) is 1. The predicted octanol–water partition coefficient (Wildman–Crippen LogP) is 2.38. The van der Waals surface area contributed by atoms with E-state index < -0.39 is 0 Å². The summed E-state index contributed by atoms with van der Waals surface area (Å²) in [4.78, 5) is 31.5. The zero-order valence-electron chi connectivity index (χ0n) is 16.5. The summed E-state index contributed by atoms with van der Waals surface area (Å²) >= 11 is 0. The van der Waals surface area contributed by atoms with Crippen LogP contribution in [-0.4, -0.2) is 55.0 Å². The van der Waals surface area contributed by atoms with Crippen LogP contribution in [0.1, 0.15) is 33.6 Å². The highest BCUT2D eigenvalue weighted by Gasteiger charge is 2.29. The molecular formula is C21H27N3O3. The second kappa shape index (κ2) is 8.05. The van der Waals surface area contributed by atoms with Gasteiger partial charge in [-0.1, -0.05) is 11.6 Å². The number of aryl methyl sites for hydroxylation is 2. The van der Waals surface area contributed by atoms with Gasteiger partial charge in [-0.3, -0.25) is 14.6 Å². The molecule has 6 nitrogen and oxygen atoms in total. The van der Waals surface area contributed by atoms with Crippen LogP contribution in [0, 0.1) is 26.7 Å². The number of hydrogen-bond acceptors (Lipinski definition) is 4. The molecule has 0 spiro atoms. The lowest BCUT2D eigenvalue weighted by molar-refractivity contribution is -0.128. The normalized spacial score (nSPS) is 17.0. The summed E-state index contributed by atoms with van der Waals surface area (Å²) in [5, 5.41) is 3.92. The number of benzene rings is 1. The lowest BCUT2D eigenvalue weighted by Crippen LogP contribution is -2.33. The van der Waals surface area contributed by atoms with Crippen LogP contribution in [0.3, 0.4) is 0 Å². The number of carbonyl (C=O) groups is 2. The van der Waals surface area contributed by atoms with E-state index in [1.165, 1.54) is 0 Å². The van der Waals surface area contributed by atoms with Crippen molar-refractivity contribution in [2.45, 2.75) is 27.2 Å². The summed E-state index contributed by atoms with van der Waals surface area (Å²) in [6.45, 7) is 8.16. The zero-order chi connectivity index (χ0) is 19.6. The fraction of sp³-hybridized carbons (Fsp3) is 0.476. The van der Waals surface area contributed by atoms with Gasteiger partial charge in [0.15, 0.2) is 0 Å². The number of nitrogens with one attached hydrogen (secondary N) is 1. The van der Waals surface area contributed by atoms with Crippen molar-refractivity contribution in [1.29, 1.82) is 0 Å². The van der Waals surface area contributed by atoms with E-state index in [0.29, 0.717) is 38.2 Å². The first kappa shape index (κ1) is 19.3. The molecule has 2 aromatic rings. The Bertz CT molecular complexity index is 879. The minimum atomic E-state index is -0.101. The van der Waals surface area contributed by atoms with Gasteiger partial charge in [-0.15, -0.1) is 0 Å². The lowest BCUT2D eigenvalue weighted by atomic mass is 9.99. The van der Waals surface area contributed by atoms with Crippen molar-refractivity contribution in [1.82, 2.24) is 15.2 Å². The Morgan fingerprint density at radius 3 is 2.85 bits per heavy atom. The van der Waals surface area contributed by atoms with Gasteiger partial charge in [0.05, 0.1) is 17.7 Å². The molecule has 0 saturated carbocycles. The second-order valence-corrected chi connectivity index (χ2v) is 7.33. The van der Waals surface area contributed by atoms with Gasteiger partial charge >= 0.3 is 0 Å². The largest absolute Gasteiger partial charge is 0.383 e. The smallest absolute Gasteiger partial charge is 0.252 e. The van der Waals surface area contributed by atoms with E-state index >= 15 is 0 Å². The van der Waals surface area contributed by atoms with E-state index in [1.54, 1.807) is 12.0 Å². The fourth-order valence-electron chi connectivity index (χ4n) is 3.62. The minimum Gasteiger partial charge on any atom is -0.383 e. The van der Waals surface area contributed by atoms with Crippen molar-refractivity contribution in [2.75, 3.05) is 33.4 Å². The molecule has 144 valence electrons. The highest BCUT2D eigenvalue weighted by molar-refractivity contribution is 6.07. The minimum absolute atomic E-state index is 0.101. The van der Waals surface area contributed by atoms with Crippen molar-refractivity contribution in [3.63, 3.8) is 0 Å². The second-order valence-electron chi connectivity index (χ2n) is 7.33. The van der Waals surface area contributed by atoms with Crippen molar-refractivity contribution >= 4 is 22.7 Å². The van der Waals surface area contributed by atoms with Gasteiger partial charge in [-0.05, 0) is 38.5 Å². The van der Waals surface area contributed by atoms with Crippen LogP contribution in [0.15, 0.2) is 18.2 Å². The third-order valence-electron chi connectivity index (χ3n) is 5.27. The van der Waals surface area contributed by atoms with Crippen LogP contribution in [-0.2, 0) is 9.53 Å². The van der Waals surface area contributed by atoms with Crippen molar-refractivity contribution in [3.05, 3.63) is 40.6 Å². The molecule has 0 radical (unpaired) electrons. The first-order valence-corrected chi connectivity index (χ1v) is 9.33. The molecular weight excluding hydrogens is 342 g/mol. The molecule has 1 saturated heterocycles. The number of pyridine rings is 1. The lowest BCUT2D eigenvalue weighted by Gasteiger charge is -2.17. The quantitative estimate of drug-likeness (QED) is 0.849. The van der Waals surface area contributed by atoms with Gasteiger partial charge in [-0.25, -0.2) is 0 Å². The molecule has 0 unspecified atom stereocenters. The van der Waals surface area contributed by atoms with E-state index in [2.05, 4.69) is 10.3 Å². The Hall–Kier alpha value is -2.47. The fourth-order valence-corrected chi connectivity index (χ4v) is 3.62. The van der Waals surface area contributed by atoms with Gasteiger partial charge in [0.25, 0.3) is 5.91 Å². The van der Waals surface area contributed by atoms with Gasteiger partial charge in [0, 0.05) is 50.2 Å². The van der Waals surface area contributed by atoms with E-state index in [9.17, 15) is 9.59 Å². The summed E-state index contributed by atoms with van der Waals surface area (Å²) in [5.74, 6) is 0.161. The summed E-state index contributed by atoms with van der Waals surface area (Å²) in [5.41, 5.74) is 4.36. The van der Waals surface area contributed by atoms with Gasteiger partial charge in [-0.2, -0.15) is 0 Å². The number of amides is 2. The van der Waals surface area contributed by atoms with Crippen LogP contribution in [0.4, 0.5) is 0 Å². The summed E-state index contributed by atoms with van der Waals surface area (Å²) in [7, 11) is 1.63. The summed E-state index contributed by atoms with van der Waals surface area (Å²) in [6.07, 6.45) is 0.470. The van der Waals surface area contributed by atoms with Crippen molar-refractivity contribution < 1.29 is 14.3 Å². The van der Waals surface area contributed by atoms with Gasteiger partial charge < -0.3 is 15.0 Å². The highest BCUT2D eigenvalue weighted by Crippen LogP contribution is 2.24. The maximum Gasteiger partial charge on any atom is 0.252 e. The average Bonchev–Trinajstić information content (AvgIpc) is 2.99. The first-order valence-electron chi connectivity index (χ1n) is 9.33. The molecule has 1 atom stereocenters. The monoisotopic (exact) mass is 369 g/mol. The molecule has 1 N–H and O–H groups in total.